The third-order valence-corrected chi connectivity index (χ3v) is 4.27. The number of carbonyl (C=O) groups is 1. The SMILES string of the molecule is CNS(=O)(=O)Cc1ccc(CNC(=O)c2cnccn2)cc1. The maximum absolute atomic E-state index is 11.8. The summed E-state index contributed by atoms with van der Waals surface area (Å²) < 4.78 is 25.2. The molecule has 1 aromatic carbocycles. The van der Waals surface area contributed by atoms with Crippen molar-refractivity contribution in [2.45, 2.75) is 12.3 Å². The van der Waals surface area contributed by atoms with Crippen LogP contribution in [0.1, 0.15) is 21.6 Å². The van der Waals surface area contributed by atoms with Crippen LogP contribution in [0.4, 0.5) is 0 Å². The smallest absolute Gasteiger partial charge is 0.271 e. The topological polar surface area (TPSA) is 101 Å². The van der Waals surface area contributed by atoms with E-state index in [1.807, 2.05) is 0 Å². The van der Waals surface area contributed by atoms with Gasteiger partial charge in [0, 0.05) is 18.9 Å². The molecule has 2 rings (SSSR count). The van der Waals surface area contributed by atoms with E-state index in [0.29, 0.717) is 12.1 Å². The summed E-state index contributed by atoms with van der Waals surface area (Å²) >= 11 is 0. The summed E-state index contributed by atoms with van der Waals surface area (Å²) in [6.45, 7) is 0.328. The molecular formula is C14H16N4O3S. The van der Waals surface area contributed by atoms with Gasteiger partial charge in [0.25, 0.3) is 5.91 Å². The highest BCUT2D eigenvalue weighted by molar-refractivity contribution is 7.88. The predicted molar refractivity (Wildman–Crippen MR) is 81.3 cm³/mol. The summed E-state index contributed by atoms with van der Waals surface area (Å²) in [6.07, 6.45) is 4.33. The molecule has 0 fully saturated rings. The molecule has 0 spiro atoms. The van der Waals surface area contributed by atoms with Crippen LogP contribution in [0, 0.1) is 0 Å². The van der Waals surface area contributed by atoms with Crippen LogP contribution < -0.4 is 10.0 Å². The highest BCUT2D eigenvalue weighted by Gasteiger charge is 2.09. The molecule has 22 heavy (non-hydrogen) atoms. The van der Waals surface area contributed by atoms with Crippen LogP contribution >= 0.6 is 0 Å². The lowest BCUT2D eigenvalue weighted by Gasteiger charge is -2.06. The van der Waals surface area contributed by atoms with E-state index in [2.05, 4.69) is 20.0 Å². The number of sulfonamides is 1. The molecule has 0 radical (unpaired) electrons. The van der Waals surface area contributed by atoms with Gasteiger partial charge in [-0.05, 0) is 18.2 Å². The van der Waals surface area contributed by atoms with Crippen molar-refractivity contribution in [3.05, 3.63) is 59.7 Å². The van der Waals surface area contributed by atoms with Crippen LogP contribution in [0.25, 0.3) is 0 Å². The Morgan fingerprint density at radius 1 is 1.14 bits per heavy atom. The summed E-state index contributed by atoms with van der Waals surface area (Å²) in [5.74, 6) is -0.384. The van der Waals surface area contributed by atoms with Gasteiger partial charge in [-0.1, -0.05) is 24.3 Å². The first-order valence-electron chi connectivity index (χ1n) is 6.53. The molecule has 0 aliphatic carbocycles. The van der Waals surface area contributed by atoms with E-state index >= 15 is 0 Å². The molecule has 0 saturated heterocycles. The molecule has 0 atom stereocenters. The molecule has 116 valence electrons. The van der Waals surface area contributed by atoms with E-state index < -0.39 is 10.0 Å². The first-order chi connectivity index (χ1) is 10.5. The quantitative estimate of drug-likeness (QED) is 0.805. The summed E-state index contributed by atoms with van der Waals surface area (Å²) in [6, 6.07) is 6.99. The zero-order chi connectivity index (χ0) is 16.0. The van der Waals surface area contributed by atoms with Crippen LogP contribution in [0.2, 0.25) is 0 Å². The van der Waals surface area contributed by atoms with Crippen LogP contribution in [-0.2, 0) is 22.3 Å². The third-order valence-electron chi connectivity index (χ3n) is 2.94. The normalized spacial score (nSPS) is 11.1. The molecule has 1 aromatic heterocycles. The minimum Gasteiger partial charge on any atom is -0.347 e. The van der Waals surface area contributed by atoms with Crippen molar-refractivity contribution in [3.63, 3.8) is 0 Å². The number of hydrogen-bond donors (Lipinski definition) is 2. The predicted octanol–water partition coefficient (Wildman–Crippen LogP) is 0.456. The molecule has 1 amide bonds. The van der Waals surface area contributed by atoms with Gasteiger partial charge < -0.3 is 5.32 Å². The maximum Gasteiger partial charge on any atom is 0.271 e. The Morgan fingerprint density at radius 3 is 2.41 bits per heavy atom. The lowest BCUT2D eigenvalue weighted by molar-refractivity contribution is 0.0945. The number of rotatable bonds is 6. The van der Waals surface area contributed by atoms with Crippen LogP contribution in [0.5, 0.6) is 0 Å². The summed E-state index contributed by atoms with van der Waals surface area (Å²) in [4.78, 5) is 19.5. The Bertz CT molecular complexity index is 730. The fraction of sp³-hybridized carbons (Fsp3) is 0.214. The lowest BCUT2D eigenvalue weighted by atomic mass is 10.1. The van der Waals surface area contributed by atoms with Gasteiger partial charge in [-0.3, -0.25) is 9.78 Å². The third kappa shape index (κ3) is 4.61. The Morgan fingerprint density at radius 2 is 1.82 bits per heavy atom. The van der Waals surface area contributed by atoms with Crippen LogP contribution in [-0.4, -0.2) is 31.3 Å². The zero-order valence-electron chi connectivity index (χ0n) is 12.0. The summed E-state index contributed by atoms with van der Waals surface area (Å²) in [5, 5.41) is 2.72. The molecule has 2 aromatic rings. The largest absolute Gasteiger partial charge is 0.347 e. The van der Waals surface area contributed by atoms with Crippen molar-refractivity contribution >= 4 is 15.9 Å². The monoisotopic (exact) mass is 320 g/mol. The van der Waals surface area contributed by atoms with E-state index in [1.165, 1.54) is 25.6 Å². The van der Waals surface area contributed by atoms with Crippen molar-refractivity contribution < 1.29 is 13.2 Å². The Labute approximate surface area is 128 Å². The summed E-state index contributed by atoms with van der Waals surface area (Å²) in [5.41, 5.74) is 1.79. The standard InChI is InChI=1S/C14H16N4O3S/c1-15-22(20,21)10-12-4-2-11(3-5-12)8-18-14(19)13-9-16-6-7-17-13/h2-7,9,15H,8,10H2,1H3,(H,18,19). The summed E-state index contributed by atoms with van der Waals surface area (Å²) in [7, 11) is -1.90. The van der Waals surface area contributed by atoms with E-state index in [4.69, 9.17) is 0 Å². The first-order valence-corrected chi connectivity index (χ1v) is 8.18. The molecule has 0 bridgehead atoms. The van der Waals surface area contributed by atoms with Crippen LogP contribution in [0.15, 0.2) is 42.9 Å². The van der Waals surface area contributed by atoms with E-state index in [9.17, 15) is 13.2 Å². The molecule has 0 saturated carbocycles. The number of benzene rings is 1. The first kappa shape index (κ1) is 16.1. The van der Waals surface area contributed by atoms with Crippen molar-refractivity contribution in [1.29, 1.82) is 0 Å². The second-order valence-electron chi connectivity index (χ2n) is 4.55. The van der Waals surface area contributed by atoms with Crippen molar-refractivity contribution in [1.82, 2.24) is 20.0 Å². The molecule has 2 N–H and O–H groups in total. The number of nitrogens with one attached hydrogen (secondary N) is 2. The van der Waals surface area contributed by atoms with E-state index in [0.717, 1.165) is 5.56 Å². The average Bonchev–Trinajstić information content (AvgIpc) is 2.54. The molecule has 0 unspecified atom stereocenters. The van der Waals surface area contributed by atoms with Gasteiger partial charge in [0.05, 0.1) is 11.9 Å². The van der Waals surface area contributed by atoms with Gasteiger partial charge in [0.15, 0.2) is 0 Å². The number of hydrogen-bond acceptors (Lipinski definition) is 5. The number of aromatic nitrogens is 2. The highest BCUT2D eigenvalue weighted by Crippen LogP contribution is 2.08. The fourth-order valence-corrected chi connectivity index (χ4v) is 2.51. The molecule has 8 heteroatoms. The maximum atomic E-state index is 11.8. The van der Waals surface area contributed by atoms with Crippen LogP contribution in [0.3, 0.4) is 0 Å². The molecule has 1 heterocycles. The van der Waals surface area contributed by atoms with Crippen molar-refractivity contribution in [2.24, 2.45) is 0 Å². The molecule has 0 aliphatic rings. The molecule has 0 aliphatic heterocycles. The second kappa shape index (κ2) is 7.10. The van der Waals surface area contributed by atoms with Gasteiger partial charge in [-0.15, -0.1) is 0 Å². The Balaban J connectivity index is 1.93. The zero-order valence-corrected chi connectivity index (χ0v) is 12.8. The lowest BCUT2D eigenvalue weighted by Crippen LogP contribution is -2.24. The van der Waals surface area contributed by atoms with Gasteiger partial charge >= 0.3 is 0 Å². The number of nitrogens with zero attached hydrogens (tertiary/aromatic N) is 2. The van der Waals surface area contributed by atoms with Gasteiger partial charge in [0.2, 0.25) is 10.0 Å². The van der Waals surface area contributed by atoms with E-state index in [-0.39, 0.29) is 17.4 Å². The number of amides is 1. The number of carbonyl (C=O) groups excluding carboxylic acids is 1. The minimum atomic E-state index is -3.28. The molecular weight excluding hydrogens is 304 g/mol. The van der Waals surface area contributed by atoms with Gasteiger partial charge in [-0.25, -0.2) is 18.1 Å². The van der Waals surface area contributed by atoms with Gasteiger partial charge in [-0.2, -0.15) is 0 Å². The average molecular weight is 320 g/mol. The van der Waals surface area contributed by atoms with Crippen molar-refractivity contribution in [3.8, 4) is 0 Å². The second-order valence-corrected chi connectivity index (χ2v) is 6.48. The Hall–Kier alpha value is -2.32. The molecule has 7 nitrogen and oxygen atoms in total. The minimum absolute atomic E-state index is 0.0737. The van der Waals surface area contributed by atoms with E-state index in [1.54, 1.807) is 24.3 Å². The Kier molecular flexibility index (Phi) is 5.18. The van der Waals surface area contributed by atoms with Crippen molar-refractivity contribution in [2.75, 3.05) is 7.05 Å². The fourth-order valence-electron chi connectivity index (χ4n) is 1.73. The highest BCUT2D eigenvalue weighted by atomic mass is 32.2. The van der Waals surface area contributed by atoms with Gasteiger partial charge in [0.1, 0.15) is 5.69 Å².